The van der Waals surface area contributed by atoms with Crippen molar-refractivity contribution in [3.05, 3.63) is 57.8 Å². The van der Waals surface area contributed by atoms with Gasteiger partial charge in [0, 0.05) is 12.6 Å². The molecule has 0 saturated carbocycles. The van der Waals surface area contributed by atoms with E-state index >= 15 is 0 Å². The maximum Gasteiger partial charge on any atom is 0.235 e. The van der Waals surface area contributed by atoms with E-state index in [1.807, 2.05) is 12.2 Å². The minimum absolute atomic E-state index is 0.181. The van der Waals surface area contributed by atoms with Gasteiger partial charge in [-0.3, -0.25) is 14.5 Å². The second kappa shape index (κ2) is 6.58. The van der Waals surface area contributed by atoms with Gasteiger partial charge >= 0.3 is 0 Å². The summed E-state index contributed by atoms with van der Waals surface area (Å²) in [5.74, 6) is -0.564. The normalized spacial score (nSPS) is 29.6. The van der Waals surface area contributed by atoms with Gasteiger partial charge in [0.2, 0.25) is 11.8 Å². The van der Waals surface area contributed by atoms with Crippen LogP contribution in [0.25, 0.3) is 0 Å². The number of hydrogen-bond acceptors (Lipinski definition) is 5. The highest BCUT2D eigenvalue weighted by Crippen LogP contribution is 2.52. The Bertz CT molecular complexity index is 1050. The molecule has 4 atom stereocenters. The van der Waals surface area contributed by atoms with Crippen molar-refractivity contribution < 1.29 is 18.8 Å². The summed E-state index contributed by atoms with van der Waals surface area (Å²) in [7, 11) is 0. The predicted molar refractivity (Wildman–Crippen MR) is 106 cm³/mol. The third-order valence-corrected chi connectivity index (χ3v) is 6.48. The molecule has 1 N–H and O–H groups in total. The number of rotatable bonds is 4. The minimum Gasteiger partial charge on any atom is -0.360 e. The number of ether oxygens (including phenoxy) is 1. The van der Waals surface area contributed by atoms with Crippen LogP contribution in [-0.2, 0) is 20.9 Å². The quantitative estimate of drug-likeness (QED) is 0.749. The fourth-order valence-corrected chi connectivity index (χ4v) is 4.75. The Balaban J connectivity index is 1.36. The number of carbonyl (C=O) groups excluding carboxylic acids is 2. The predicted octanol–water partition coefficient (Wildman–Crippen LogP) is 2.89. The molecule has 2 saturated heterocycles. The molecule has 5 rings (SSSR count). The first-order valence-corrected chi connectivity index (χ1v) is 9.97. The number of hydrogen-bond donors (Lipinski definition) is 1. The van der Waals surface area contributed by atoms with Gasteiger partial charge in [0.05, 0.1) is 34.5 Å². The largest absolute Gasteiger partial charge is 0.360 e. The van der Waals surface area contributed by atoms with Crippen molar-refractivity contribution in [3.63, 3.8) is 0 Å². The lowest BCUT2D eigenvalue weighted by Crippen LogP contribution is -2.44. The molecule has 2 amide bonds. The molecular formula is C20H17Cl2N3O4. The van der Waals surface area contributed by atoms with Gasteiger partial charge in [0.25, 0.3) is 0 Å². The number of halogens is 2. The molecule has 1 aromatic carbocycles. The number of amides is 2. The van der Waals surface area contributed by atoms with E-state index < -0.39 is 23.5 Å². The Morgan fingerprint density at radius 3 is 2.90 bits per heavy atom. The molecule has 2 fully saturated rings. The van der Waals surface area contributed by atoms with Crippen molar-refractivity contribution in [2.75, 3.05) is 11.4 Å². The van der Waals surface area contributed by atoms with Crippen LogP contribution in [0.3, 0.4) is 0 Å². The smallest absolute Gasteiger partial charge is 0.235 e. The summed E-state index contributed by atoms with van der Waals surface area (Å²) in [5.41, 5.74) is 0.0136. The number of nitrogens with zero attached hydrogens (tertiary/aromatic N) is 2. The molecule has 3 aliphatic rings. The average Bonchev–Trinajstić information content (AvgIpc) is 3.43. The maximum absolute atomic E-state index is 13.2. The van der Waals surface area contributed by atoms with Crippen molar-refractivity contribution in [1.82, 2.24) is 10.5 Å². The molecule has 0 radical (unpaired) electrons. The molecule has 29 heavy (non-hydrogen) atoms. The highest BCUT2D eigenvalue weighted by Gasteiger charge is 2.67. The molecule has 4 heterocycles. The van der Waals surface area contributed by atoms with Crippen molar-refractivity contribution in [2.24, 2.45) is 11.8 Å². The summed E-state index contributed by atoms with van der Waals surface area (Å²) in [5, 5.41) is 7.72. The summed E-state index contributed by atoms with van der Waals surface area (Å²) >= 11 is 12.0. The standard InChI is InChI=1S/C20H17Cl2N3O4/c1-10-6-15(24-29-10)25-9-20-5-4-14(28-20)16(17(20)19(25)27)18(26)23-8-11-2-3-12(21)13(22)7-11/h2-7,14,16-17H,8-9H2,1H3,(H,23,26)/t14-,16-,17+,20-/m0/s1. The molecule has 0 unspecified atom stereocenters. The van der Waals surface area contributed by atoms with Crippen LogP contribution in [0, 0.1) is 18.8 Å². The number of aromatic nitrogens is 1. The topological polar surface area (TPSA) is 84.7 Å². The zero-order chi connectivity index (χ0) is 20.3. The third-order valence-electron chi connectivity index (χ3n) is 5.75. The molecule has 7 nitrogen and oxygen atoms in total. The first-order valence-electron chi connectivity index (χ1n) is 9.21. The van der Waals surface area contributed by atoms with E-state index in [-0.39, 0.29) is 18.4 Å². The molecule has 3 aliphatic heterocycles. The zero-order valence-electron chi connectivity index (χ0n) is 15.4. The van der Waals surface area contributed by atoms with E-state index in [0.29, 0.717) is 28.2 Å². The van der Waals surface area contributed by atoms with Crippen LogP contribution in [0.1, 0.15) is 11.3 Å². The summed E-state index contributed by atoms with van der Waals surface area (Å²) in [6.45, 7) is 2.35. The second-order valence-electron chi connectivity index (χ2n) is 7.59. The molecule has 2 bridgehead atoms. The van der Waals surface area contributed by atoms with Gasteiger partial charge in [-0.05, 0) is 24.6 Å². The van der Waals surface area contributed by atoms with Gasteiger partial charge in [-0.25, -0.2) is 0 Å². The first kappa shape index (κ1) is 18.7. The van der Waals surface area contributed by atoms with Crippen LogP contribution < -0.4 is 10.2 Å². The molecular weight excluding hydrogens is 417 g/mol. The fourth-order valence-electron chi connectivity index (χ4n) is 4.43. The van der Waals surface area contributed by atoms with Gasteiger partial charge in [0.1, 0.15) is 11.4 Å². The lowest BCUT2D eigenvalue weighted by molar-refractivity contribution is -0.132. The zero-order valence-corrected chi connectivity index (χ0v) is 16.9. The Kier molecular flexibility index (Phi) is 4.24. The highest BCUT2D eigenvalue weighted by molar-refractivity contribution is 6.42. The Morgan fingerprint density at radius 2 is 2.17 bits per heavy atom. The highest BCUT2D eigenvalue weighted by atomic mass is 35.5. The van der Waals surface area contributed by atoms with Gasteiger partial charge in [-0.15, -0.1) is 0 Å². The molecule has 2 aromatic rings. The number of fused-ring (bicyclic) bond motifs is 1. The molecule has 150 valence electrons. The first-order chi connectivity index (χ1) is 13.9. The van der Waals surface area contributed by atoms with E-state index in [1.165, 1.54) is 4.90 Å². The van der Waals surface area contributed by atoms with Crippen LogP contribution in [0.2, 0.25) is 10.0 Å². The van der Waals surface area contributed by atoms with Gasteiger partial charge in [-0.1, -0.05) is 46.6 Å². The summed E-state index contributed by atoms with van der Waals surface area (Å²) < 4.78 is 11.2. The van der Waals surface area contributed by atoms with E-state index in [0.717, 1.165) is 5.56 Å². The minimum atomic E-state index is -0.805. The van der Waals surface area contributed by atoms with Gasteiger partial charge in [-0.2, -0.15) is 0 Å². The lowest BCUT2D eigenvalue weighted by atomic mass is 9.77. The van der Waals surface area contributed by atoms with E-state index in [1.54, 1.807) is 31.2 Å². The van der Waals surface area contributed by atoms with Crippen LogP contribution in [0.5, 0.6) is 0 Å². The molecule has 9 heteroatoms. The monoisotopic (exact) mass is 433 g/mol. The summed E-state index contributed by atoms with van der Waals surface area (Å²) in [6, 6.07) is 6.88. The Labute approximate surface area is 176 Å². The van der Waals surface area contributed by atoms with Crippen molar-refractivity contribution in [3.8, 4) is 0 Å². The summed E-state index contributed by atoms with van der Waals surface area (Å²) in [4.78, 5) is 27.7. The Hall–Kier alpha value is -2.35. The van der Waals surface area contributed by atoms with E-state index in [9.17, 15) is 9.59 Å². The Morgan fingerprint density at radius 1 is 1.34 bits per heavy atom. The van der Waals surface area contributed by atoms with Crippen LogP contribution in [-0.4, -0.2) is 35.2 Å². The lowest BCUT2D eigenvalue weighted by Gasteiger charge is -2.23. The summed E-state index contributed by atoms with van der Waals surface area (Å²) in [6.07, 6.45) is 3.35. The van der Waals surface area contributed by atoms with Crippen molar-refractivity contribution in [2.45, 2.75) is 25.2 Å². The second-order valence-corrected chi connectivity index (χ2v) is 8.40. The van der Waals surface area contributed by atoms with Crippen molar-refractivity contribution in [1.29, 1.82) is 0 Å². The number of benzene rings is 1. The fraction of sp³-hybridized carbons (Fsp3) is 0.350. The van der Waals surface area contributed by atoms with Crippen LogP contribution in [0.15, 0.2) is 40.9 Å². The van der Waals surface area contributed by atoms with Crippen LogP contribution >= 0.6 is 23.2 Å². The SMILES string of the molecule is Cc1cc(N2C[C@]34C=C[C@H](O3)[C@H](C(=O)NCc3ccc(Cl)c(Cl)c3)[C@@H]4C2=O)no1. The van der Waals surface area contributed by atoms with E-state index in [4.69, 9.17) is 32.5 Å². The van der Waals surface area contributed by atoms with E-state index in [2.05, 4.69) is 10.5 Å². The van der Waals surface area contributed by atoms with Gasteiger partial charge in [0.15, 0.2) is 5.82 Å². The average molecular weight is 434 g/mol. The number of carbonyl (C=O) groups is 2. The molecule has 1 spiro atoms. The third kappa shape index (κ3) is 2.87. The van der Waals surface area contributed by atoms with Crippen molar-refractivity contribution >= 4 is 40.8 Å². The number of anilines is 1. The maximum atomic E-state index is 13.2. The van der Waals surface area contributed by atoms with Gasteiger partial charge < -0.3 is 14.6 Å². The molecule has 0 aliphatic carbocycles. The van der Waals surface area contributed by atoms with Crippen LogP contribution in [0.4, 0.5) is 5.82 Å². The number of nitrogens with one attached hydrogen (secondary N) is 1. The molecule has 1 aromatic heterocycles. The number of aryl methyl sites for hydroxylation is 1.